The van der Waals surface area contributed by atoms with E-state index in [1.54, 1.807) is 41.8 Å². The second-order valence-corrected chi connectivity index (χ2v) is 8.72. The number of carbonyl (C=O) groups excluding carboxylic acids is 2. The van der Waals surface area contributed by atoms with Gasteiger partial charge in [0.15, 0.2) is 9.84 Å². The van der Waals surface area contributed by atoms with Gasteiger partial charge in [-0.05, 0) is 17.0 Å². The zero-order valence-corrected chi connectivity index (χ0v) is 15.4. The van der Waals surface area contributed by atoms with Gasteiger partial charge in [-0.3, -0.25) is 9.59 Å². The molecule has 0 fully saturated rings. The van der Waals surface area contributed by atoms with E-state index in [0.717, 1.165) is 11.3 Å². The van der Waals surface area contributed by atoms with E-state index in [-0.39, 0.29) is 35.5 Å². The van der Waals surface area contributed by atoms with Crippen LogP contribution in [-0.4, -0.2) is 33.3 Å². The molecule has 0 radical (unpaired) electrons. The highest BCUT2D eigenvalue weighted by atomic mass is 32.2. The topological polar surface area (TPSA) is 92.3 Å². The Labute approximate surface area is 151 Å². The molecule has 2 aromatic rings. The lowest BCUT2D eigenvalue weighted by Crippen LogP contribution is -2.34. The van der Waals surface area contributed by atoms with Crippen molar-refractivity contribution in [2.75, 3.05) is 13.1 Å². The van der Waals surface area contributed by atoms with Gasteiger partial charge in [-0.15, -0.1) is 11.3 Å². The number of nitrogens with one attached hydrogen (secondary N) is 2. The molecule has 1 heterocycles. The zero-order chi connectivity index (χ0) is 18.3. The van der Waals surface area contributed by atoms with Crippen LogP contribution in [-0.2, 0) is 19.4 Å². The largest absolute Gasteiger partial charge is 0.356 e. The molecule has 0 aliphatic heterocycles. The van der Waals surface area contributed by atoms with Gasteiger partial charge in [0.25, 0.3) is 0 Å². The van der Waals surface area contributed by atoms with Crippen LogP contribution in [0, 0.1) is 0 Å². The number of hydrogen-bond donors (Lipinski definition) is 2. The number of thiophene rings is 1. The van der Waals surface area contributed by atoms with Crippen molar-refractivity contribution in [2.45, 2.75) is 22.8 Å². The quantitative estimate of drug-likeness (QED) is 0.732. The summed E-state index contributed by atoms with van der Waals surface area (Å²) in [6.07, 6.45) is 0.0974. The molecule has 1 unspecified atom stereocenters. The first-order valence-corrected chi connectivity index (χ1v) is 10.2. The molecule has 2 rings (SSSR count). The third kappa shape index (κ3) is 5.40. The fourth-order valence-corrected chi connectivity index (χ4v) is 5.15. The Kier molecular flexibility index (Phi) is 6.72. The molecule has 2 amide bonds. The minimum absolute atomic E-state index is 0.0247. The summed E-state index contributed by atoms with van der Waals surface area (Å²) in [6, 6.07) is 12.1. The van der Waals surface area contributed by atoms with E-state index in [4.69, 9.17) is 0 Å². The Hall–Kier alpha value is -2.19. The molecule has 25 heavy (non-hydrogen) atoms. The molecule has 1 aromatic carbocycles. The van der Waals surface area contributed by atoms with Gasteiger partial charge in [-0.25, -0.2) is 8.42 Å². The Morgan fingerprint density at radius 1 is 1.08 bits per heavy atom. The van der Waals surface area contributed by atoms with E-state index >= 15 is 0 Å². The lowest BCUT2D eigenvalue weighted by Gasteiger charge is -2.18. The van der Waals surface area contributed by atoms with Gasteiger partial charge in [-0.2, -0.15) is 0 Å². The molecule has 0 spiro atoms. The average molecular weight is 380 g/mol. The van der Waals surface area contributed by atoms with Crippen LogP contribution >= 0.6 is 11.3 Å². The van der Waals surface area contributed by atoms with E-state index in [9.17, 15) is 18.0 Å². The fraction of sp³-hybridized carbons (Fsp3) is 0.294. The Morgan fingerprint density at radius 3 is 2.40 bits per heavy atom. The van der Waals surface area contributed by atoms with E-state index in [1.807, 2.05) is 6.07 Å². The normalized spacial score (nSPS) is 12.4. The van der Waals surface area contributed by atoms with Crippen LogP contribution in [0.25, 0.3) is 0 Å². The van der Waals surface area contributed by atoms with E-state index < -0.39 is 15.1 Å². The van der Waals surface area contributed by atoms with Gasteiger partial charge in [0.05, 0.1) is 0 Å². The second kappa shape index (κ2) is 8.77. The van der Waals surface area contributed by atoms with Crippen molar-refractivity contribution in [3.63, 3.8) is 0 Å². The summed E-state index contributed by atoms with van der Waals surface area (Å²) < 4.78 is 26.1. The van der Waals surface area contributed by atoms with Crippen LogP contribution in [0.2, 0.25) is 0 Å². The summed E-state index contributed by atoms with van der Waals surface area (Å²) in [5.41, 5.74) is 0.623. The third-order valence-corrected chi connectivity index (χ3v) is 7.06. The van der Waals surface area contributed by atoms with Crippen molar-refractivity contribution >= 4 is 33.0 Å². The molecule has 0 aliphatic carbocycles. The average Bonchev–Trinajstić information content (AvgIpc) is 3.11. The van der Waals surface area contributed by atoms with Gasteiger partial charge in [0.1, 0.15) is 9.46 Å². The first-order chi connectivity index (χ1) is 11.9. The van der Waals surface area contributed by atoms with E-state index in [1.165, 1.54) is 6.92 Å². The van der Waals surface area contributed by atoms with Gasteiger partial charge in [-0.1, -0.05) is 36.4 Å². The maximum Gasteiger partial charge on any atom is 0.221 e. The number of hydrogen-bond acceptors (Lipinski definition) is 5. The summed E-state index contributed by atoms with van der Waals surface area (Å²) in [5, 5.41) is 6.04. The standard InChI is InChI=1S/C17H20N2O4S2/c1-13(20)18-10-9-16(21)19-12-15(14-6-3-2-4-7-14)25(22,23)17-8-5-11-24-17/h2-8,11,15H,9-10,12H2,1H3,(H,18,20)(H,19,21). The molecule has 1 aromatic heterocycles. The molecule has 8 heteroatoms. The number of amides is 2. The molecule has 6 nitrogen and oxygen atoms in total. The maximum absolute atomic E-state index is 12.9. The van der Waals surface area contributed by atoms with Crippen LogP contribution < -0.4 is 10.6 Å². The second-order valence-electron chi connectivity index (χ2n) is 5.41. The van der Waals surface area contributed by atoms with Crippen molar-refractivity contribution in [2.24, 2.45) is 0 Å². The van der Waals surface area contributed by atoms with Crippen LogP contribution in [0.5, 0.6) is 0 Å². The minimum Gasteiger partial charge on any atom is -0.356 e. The highest BCUT2D eigenvalue weighted by Gasteiger charge is 2.30. The van der Waals surface area contributed by atoms with E-state index in [0.29, 0.717) is 5.56 Å². The highest BCUT2D eigenvalue weighted by molar-refractivity contribution is 7.93. The number of benzene rings is 1. The van der Waals surface area contributed by atoms with Crippen LogP contribution in [0.1, 0.15) is 24.2 Å². The zero-order valence-electron chi connectivity index (χ0n) is 13.8. The van der Waals surface area contributed by atoms with Crippen LogP contribution in [0.3, 0.4) is 0 Å². The highest BCUT2D eigenvalue weighted by Crippen LogP contribution is 2.31. The fourth-order valence-electron chi connectivity index (χ4n) is 2.29. The van der Waals surface area contributed by atoms with Crippen molar-refractivity contribution in [1.82, 2.24) is 10.6 Å². The van der Waals surface area contributed by atoms with E-state index in [2.05, 4.69) is 10.6 Å². The lowest BCUT2D eigenvalue weighted by molar-refractivity contribution is -0.121. The SMILES string of the molecule is CC(=O)NCCC(=O)NCC(c1ccccc1)S(=O)(=O)c1cccs1. The van der Waals surface area contributed by atoms with Crippen molar-refractivity contribution in [3.05, 3.63) is 53.4 Å². The predicted molar refractivity (Wildman–Crippen MR) is 97.0 cm³/mol. The first-order valence-electron chi connectivity index (χ1n) is 7.74. The molecule has 2 N–H and O–H groups in total. The number of sulfone groups is 1. The summed E-state index contributed by atoms with van der Waals surface area (Å²) in [7, 11) is -3.61. The van der Waals surface area contributed by atoms with Crippen LogP contribution in [0.15, 0.2) is 52.1 Å². The lowest BCUT2D eigenvalue weighted by atomic mass is 10.1. The first kappa shape index (κ1) is 19.1. The maximum atomic E-state index is 12.9. The summed E-state index contributed by atoms with van der Waals surface area (Å²) in [6.45, 7) is 1.56. The molecule has 1 atom stereocenters. The van der Waals surface area contributed by atoms with Crippen LogP contribution in [0.4, 0.5) is 0 Å². The van der Waals surface area contributed by atoms with Gasteiger partial charge < -0.3 is 10.6 Å². The Balaban J connectivity index is 2.11. The monoisotopic (exact) mass is 380 g/mol. The number of rotatable bonds is 8. The molecule has 0 aliphatic rings. The summed E-state index contributed by atoms with van der Waals surface area (Å²) in [4.78, 5) is 22.7. The third-order valence-electron chi connectivity index (χ3n) is 3.53. The Morgan fingerprint density at radius 2 is 1.80 bits per heavy atom. The molecule has 0 bridgehead atoms. The molecule has 0 saturated carbocycles. The van der Waals surface area contributed by atoms with Gasteiger partial charge in [0, 0.05) is 26.4 Å². The number of carbonyl (C=O) groups is 2. The summed E-state index contributed by atoms with van der Waals surface area (Å²) >= 11 is 1.16. The summed E-state index contributed by atoms with van der Waals surface area (Å²) in [5.74, 6) is -0.522. The smallest absolute Gasteiger partial charge is 0.221 e. The Bertz CT molecular complexity index is 802. The van der Waals surface area contributed by atoms with Gasteiger partial charge >= 0.3 is 0 Å². The minimum atomic E-state index is -3.61. The van der Waals surface area contributed by atoms with Crippen molar-refractivity contribution in [3.8, 4) is 0 Å². The predicted octanol–water partition coefficient (Wildman–Crippen LogP) is 1.91. The molecular weight excluding hydrogens is 360 g/mol. The van der Waals surface area contributed by atoms with Crippen molar-refractivity contribution in [1.29, 1.82) is 0 Å². The molecule has 0 saturated heterocycles. The van der Waals surface area contributed by atoms with Crippen molar-refractivity contribution < 1.29 is 18.0 Å². The van der Waals surface area contributed by atoms with Gasteiger partial charge in [0.2, 0.25) is 11.8 Å². The molecule has 134 valence electrons. The molecular formula is C17H20N2O4S2.